The Morgan fingerprint density at radius 2 is 1.83 bits per heavy atom. The van der Waals surface area contributed by atoms with Crippen molar-refractivity contribution in [3.05, 3.63) is 100 Å². The molecule has 2 aliphatic rings. The van der Waals surface area contributed by atoms with Crippen molar-refractivity contribution in [1.82, 2.24) is 9.97 Å². The number of aryl methyl sites for hydroxylation is 1. The minimum Gasteiger partial charge on any atom is -0.487 e. The Morgan fingerprint density at radius 3 is 2.64 bits per heavy atom. The van der Waals surface area contributed by atoms with Crippen LogP contribution >= 0.6 is 0 Å². The fourth-order valence-corrected chi connectivity index (χ4v) is 5.49. The highest BCUT2D eigenvalue weighted by molar-refractivity contribution is 6.11. The lowest BCUT2D eigenvalue weighted by molar-refractivity contribution is 0.208. The average molecular weight is 482 g/mol. The first-order valence-corrected chi connectivity index (χ1v) is 13.8. The van der Waals surface area contributed by atoms with E-state index in [4.69, 9.17) is 9.73 Å². The lowest BCUT2D eigenvalue weighted by Crippen LogP contribution is -2.01. The van der Waals surface area contributed by atoms with Gasteiger partial charge in [-0.15, -0.1) is 0 Å². The van der Waals surface area contributed by atoms with Gasteiger partial charge in [-0.05, 0) is 67.0 Å². The number of aromatic amines is 2. The van der Waals surface area contributed by atoms with E-state index in [1.54, 1.807) is 0 Å². The molecule has 3 aromatic rings. The van der Waals surface area contributed by atoms with Crippen molar-refractivity contribution < 1.29 is 4.74 Å². The summed E-state index contributed by atoms with van der Waals surface area (Å²) in [5.41, 5.74) is 8.01. The first-order valence-electron chi connectivity index (χ1n) is 13.8. The molecule has 2 bridgehead atoms. The van der Waals surface area contributed by atoms with Crippen LogP contribution in [0.2, 0.25) is 0 Å². The maximum absolute atomic E-state index is 6.35. The SMILES string of the molecule is CCCC1CCCCCCCCc2cc1c(C=C1N=C(c3ccc[nH]3)C=C1OCc1ccccc1)[nH]2. The number of nitrogens with zero attached hydrogens (tertiary/aromatic N) is 1. The van der Waals surface area contributed by atoms with E-state index in [2.05, 4.69) is 65.4 Å². The van der Waals surface area contributed by atoms with E-state index in [0.717, 1.165) is 34.8 Å². The number of allylic oxidation sites excluding steroid dienone is 1. The Labute approximate surface area is 215 Å². The minimum absolute atomic E-state index is 0.527. The Bertz CT molecular complexity index is 1200. The van der Waals surface area contributed by atoms with Crippen LogP contribution in [0, 0.1) is 0 Å². The van der Waals surface area contributed by atoms with Gasteiger partial charge >= 0.3 is 0 Å². The number of hydrogen-bond donors (Lipinski definition) is 2. The van der Waals surface area contributed by atoms with Gasteiger partial charge < -0.3 is 14.7 Å². The quantitative estimate of drug-likeness (QED) is 0.349. The fourth-order valence-electron chi connectivity index (χ4n) is 5.49. The molecule has 5 rings (SSSR count). The van der Waals surface area contributed by atoms with Crippen LogP contribution in [-0.4, -0.2) is 15.7 Å². The van der Waals surface area contributed by atoms with Crippen LogP contribution in [0.4, 0.5) is 0 Å². The maximum Gasteiger partial charge on any atom is 0.147 e. The molecule has 2 aromatic heterocycles. The number of ether oxygens (including phenoxy) is 1. The summed E-state index contributed by atoms with van der Waals surface area (Å²) >= 11 is 0. The first-order chi connectivity index (χ1) is 17.8. The van der Waals surface area contributed by atoms with Crippen molar-refractivity contribution in [2.75, 3.05) is 0 Å². The highest BCUT2D eigenvalue weighted by atomic mass is 16.5. The molecular formula is C32H39N3O. The number of aliphatic imine (C=N–C) groups is 1. The predicted molar refractivity (Wildman–Crippen MR) is 149 cm³/mol. The summed E-state index contributed by atoms with van der Waals surface area (Å²) in [7, 11) is 0. The molecule has 3 heterocycles. The summed E-state index contributed by atoms with van der Waals surface area (Å²) in [6.07, 6.45) is 19.1. The van der Waals surface area contributed by atoms with Crippen molar-refractivity contribution in [2.24, 2.45) is 4.99 Å². The van der Waals surface area contributed by atoms with Gasteiger partial charge in [0.15, 0.2) is 0 Å². The van der Waals surface area contributed by atoms with Crippen LogP contribution in [-0.2, 0) is 17.8 Å². The molecule has 4 nitrogen and oxygen atoms in total. The highest BCUT2D eigenvalue weighted by Crippen LogP contribution is 2.35. The molecule has 0 radical (unpaired) electrons. The molecule has 36 heavy (non-hydrogen) atoms. The summed E-state index contributed by atoms with van der Waals surface area (Å²) in [5, 5.41) is 0. The zero-order valence-corrected chi connectivity index (χ0v) is 21.6. The van der Waals surface area contributed by atoms with Crippen LogP contribution in [0.5, 0.6) is 0 Å². The number of nitrogens with one attached hydrogen (secondary N) is 2. The van der Waals surface area contributed by atoms with E-state index < -0.39 is 0 Å². The second-order valence-corrected chi connectivity index (χ2v) is 10.2. The van der Waals surface area contributed by atoms with Crippen molar-refractivity contribution in [3.8, 4) is 0 Å². The summed E-state index contributed by atoms with van der Waals surface area (Å²) in [6.45, 7) is 2.84. The molecule has 0 saturated carbocycles. The van der Waals surface area contributed by atoms with E-state index in [1.165, 1.54) is 74.7 Å². The van der Waals surface area contributed by atoms with Gasteiger partial charge in [0.25, 0.3) is 0 Å². The molecule has 1 unspecified atom stereocenters. The molecule has 4 heteroatoms. The molecule has 0 saturated heterocycles. The van der Waals surface area contributed by atoms with Gasteiger partial charge in [0.2, 0.25) is 0 Å². The lowest BCUT2D eigenvalue weighted by Gasteiger charge is -2.17. The van der Waals surface area contributed by atoms with E-state index in [-0.39, 0.29) is 0 Å². The highest BCUT2D eigenvalue weighted by Gasteiger charge is 2.22. The standard InChI is InChI=1S/C32H39N3O/c1-2-13-25-16-10-5-3-4-6-11-17-26-20-27(25)29(34-26)21-31-32(36-23-24-14-8-7-9-15-24)22-30(35-31)28-18-12-19-33-28/h7-9,12,14-15,18-22,25,33-34H,2-6,10-11,13,16-17,23H2,1H3. The van der Waals surface area contributed by atoms with Crippen molar-refractivity contribution in [1.29, 1.82) is 0 Å². The fraction of sp³-hybridized carbons (Fsp3) is 0.406. The first kappa shape index (κ1) is 24.4. The van der Waals surface area contributed by atoms with Gasteiger partial charge in [0.05, 0.1) is 11.4 Å². The molecule has 0 spiro atoms. The van der Waals surface area contributed by atoms with Gasteiger partial charge in [-0.25, -0.2) is 4.99 Å². The number of H-pyrrole nitrogens is 2. The summed E-state index contributed by atoms with van der Waals surface area (Å²) in [6, 6.07) is 16.9. The topological polar surface area (TPSA) is 53.2 Å². The molecular weight excluding hydrogens is 442 g/mol. The number of benzene rings is 1. The largest absolute Gasteiger partial charge is 0.487 e. The molecule has 1 aromatic carbocycles. The molecule has 188 valence electrons. The Balaban J connectivity index is 1.48. The monoisotopic (exact) mass is 481 g/mol. The molecule has 0 fully saturated rings. The van der Waals surface area contributed by atoms with Crippen molar-refractivity contribution in [2.45, 2.75) is 83.7 Å². The average Bonchev–Trinajstić information content (AvgIpc) is 3.64. The number of fused-ring (bicyclic) bond motifs is 2. The lowest BCUT2D eigenvalue weighted by atomic mass is 9.88. The summed E-state index contributed by atoms with van der Waals surface area (Å²) in [4.78, 5) is 12.1. The molecule has 1 aliphatic carbocycles. The van der Waals surface area contributed by atoms with E-state index >= 15 is 0 Å². The second-order valence-electron chi connectivity index (χ2n) is 10.2. The van der Waals surface area contributed by atoms with Crippen LogP contribution < -0.4 is 0 Å². The van der Waals surface area contributed by atoms with Gasteiger partial charge in [-0.3, -0.25) is 0 Å². The van der Waals surface area contributed by atoms with Gasteiger partial charge in [0, 0.05) is 23.7 Å². The number of rotatable bonds is 7. The van der Waals surface area contributed by atoms with Crippen LogP contribution in [0.25, 0.3) is 6.08 Å². The molecule has 0 amide bonds. The van der Waals surface area contributed by atoms with E-state index in [1.807, 2.05) is 18.3 Å². The summed E-state index contributed by atoms with van der Waals surface area (Å²) in [5.74, 6) is 1.42. The smallest absolute Gasteiger partial charge is 0.147 e. The van der Waals surface area contributed by atoms with Gasteiger partial charge in [0.1, 0.15) is 18.1 Å². The number of hydrogen-bond acceptors (Lipinski definition) is 2. The third-order valence-corrected chi connectivity index (χ3v) is 7.41. The van der Waals surface area contributed by atoms with E-state index in [0.29, 0.717) is 12.5 Å². The van der Waals surface area contributed by atoms with Crippen molar-refractivity contribution in [3.63, 3.8) is 0 Å². The summed E-state index contributed by atoms with van der Waals surface area (Å²) < 4.78 is 6.35. The molecule has 1 aliphatic heterocycles. The number of aromatic nitrogens is 2. The third-order valence-electron chi connectivity index (χ3n) is 7.41. The van der Waals surface area contributed by atoms with Crippen LogP contribution in [0.3, 0.4) is 0 Å². The molecule has 2 N–H and O–H groups in total. The normalized spacial score (nSPS) is 19.9. The third kappa shape index (κ3) is 6.10. The minimum atomic E-state index is 0.527. The predicted octanol–water partition coefficient (Wildman–Crippen LogP) is 8.46. The van der Waals surface area contributed by atoms with Crippen LogP contribution in [0.1, 0.15) is 98.8 Å². The maximum atomic E-state index is 6.35. The second kappa shape index (κ2) is 12.1. The van der Waals surface area contributed by atoms with Crippen molar-refractivity contribution >= 4 is 11.8 Å². The Kier molecular flexibility index (Phi) is 8.22. The zero-order chi connectivity index (χ0) is 24.6. The Hall–Kier alpha value is -3.27. The Morgan fingerprint density at radius 1 is 1.00 bits per heavy atom. The zero-order valence-electron chi connectivity index (χ0n) is 21.6. The van der Waals surface area contributed by atoms with Gasteiger partial charge in [-0.2, -0.15) is 0 Å². The van der Waals surface area contributed by atoms with E-state index in [9.17, 15) is 0 Å². The van der Waals surface area contributed by atoms with Gasteiger partial charge in [-0.1, -0.05) is 75.8 Å². The molecule has 1 atom stereocenters. The van der Waals surface area contributed by atoms with Crippen LogP contribution in [0.15, 0.2) is 77.3 Å².